The van der Waals surface area contributed by atoms with Crippen molar-refractivity contribution < 1.29 is 9.66 Å². The second-order valence-corrected chi connectivity index (χ2v) is 3.95. The largest absolute Gasteiger partial charge is 0.475 e. The Bertz CT molecular complexity index is 567. The number of nitro groups is 1. The third kappa shape index (κ3) is 2.50. The van der Waals surface area contributed by atoms with E-state index >= 15 is 0 Å². The molecule has 5 heteroatoms. The van der Waals surface area contributed by atoms with Crippen molar-refractivity contribution in [3.63, 3.8) is 0 Å². The van der Waals surface area contributed by atoms with E-state index in [0.29, 0.717) is 11.4 Å². The molecule has 5 nitrogen and oxygen atoms in total. The summed E-state index contributed by atoms with van der Waals surface area (Å²) in [5.41, 5.74) is 0.755. The van der Waals surface area contributed by atoms with E-state index in [1.165, 1.54) is 12.1 Å². The van der Waals surface area contributed by atoms with Gasteiger partial charge in [-0.25, -0.2) is 4.98 Å². The third-order valence-electron chi connectivity index (χ3n) is 2.21. The van der Waals surface area contributed by atoms with E-state index in [1.54, 1.807) is 18.2 Å². The van der Waals surface area contributed by atoms with E-state index in [2.05, 4.69) is 4.98 Å². The minimum atomic E-state index is -0.419. The molecule has 0 aliphatic carbocycles. The first-order chi connectivity index (χ1) is 8.06. The van der Waals surface area contributed by atoms with Crippen molar-refractivity contribution in [2.75, 3.05) is 0 Å². The summed E-state index contributed by atoms with van der Waals surface area (Å²) in [7, 11) is 0. The lowest BCUT2D eigenvalue weighted by molar-refractivity contribution is -0.384. The molecule has 2 rings (SSSR count). The van der Waals surface area contributed by atoms with Crippen molar-refractivity contribution in [1.29, 1.82) is 0 Å². The van der Waals surface area contributed by atoms with Gasteiger partial charge in [-0.15, -0.1) is 0 Å². The molecular weight excluding hydrogens is 220 g/mol. The first-order valence-corrected chi connectivity index (χ1v) is 5.28. The van der Waals surface area contributed by atoms with Crippen LogP contribution in [0.2, 0.25) is 0 Å². The zero-order valence-corrected chi connectivity index (χ0v) is 9.58. The van der Waals surface area contributed by atoms with Crippen molar-refractivity contribution in [3.05, 3.63) is 40.4 Å². The van der Waals surface area contributed by atoms with Gasteiger partial charge in [-0.3, -0.25) is 10.1 Å². The standard InChI is InChI=1S/C12H12N2O3/c1-8(2)17-12-6-3-9-7-10(14(15)16)4-5-11(9)13-12/h3-8H,1-2H3. The fourth-order valence-corrected chi connectivity index (χ4v) is 1.51. The Kier molecular flexibility index (Phi) is 2.91. The number of nitro benzene ring substituents is 1. The molecule has 0 spiro atoms. The van der Waals surface area contributed by atoms with Crippen molar-refractivity contribution in [3.8, 4) is 5.88 Å². The number of pyridine rings is 1. The average molecular weight is 232 g/mol. The molecule has 0 amide bonds. The molecule has 0 aliphatic heterocycles. The van der Waals surface area contributed by atoms with Crippen molar-refractivity contribution in [2.45, 2.75) is 20.0 Å². The van der Waals surface area contributed by atoms with Gasteiger partial charge in [-0.1, -0.05) is 0 Å². The predicted octanol–water partition coefficient (Wildman–Crippen LogP) is 2.93. The fraction of sp³-hybridized carbons (Fsp3) is 0.250. The summed E-state index contributed by atoms with van der Waals surface area (Å²) in [5.74, 6) is 0.529. The number of rotatable bonds is 3. The first-order valence-electron chi connectivity index (χ1n) is 5.28. The van der Waals surface area contributed by atoms with E-state index in [1.807, 2.05) is 13.8 Å². The predicted molar refractivity (Wildman–Crippen MR) is 64.2 cm³/mol. The number of hydrogen-bond donors (Lipinski definition) is 0. The van der Waals surface area contributed by atoms with Crippen LogP contribution < -0.4 is 4.74 Å². The number of ether oxygens (including phenoxy) is 1. The topological polar surface area (TPSA) is 65.3 Å². The van der Waals surface area contributed by atoms with E-state index in [4.69, 9.17) is 4.74 Å². The van der Waals surface area contributed by atoms with Crippen molar-refractivity contribution in [2.24, 2.45) is 0 Å². The molecule has 0 aliphatic rings. The Morgan fingerprint density at radius 1 is 1.29 bits per heavy atom. The molecular formula is C12H12N2O3. The number of aromatic nitrogens is 1. The molecule has 2 aromatic rings. The molecule has 0 unspecified atom stereocenters. The quantitative estimate of drug-likeness (QED) is 0.602. The highest BCUT2D eigenvalue weighted by molar-refractivity contribution is 5.81. The van der Waals surface area contributed by atoms with Gasteiger partial charge in [0.2, 0.25) is 5.88 Å². The highest BCUT2D eigenvalue weighted by Crippen LogP contribution is 2.22. The SMILES string of the molecule is CC(C)Oc1ccc2cc([N+](=O)[O-])ccc2n1. The molecule has 0 fully saturated rings. The molecule has 0 atom stereocenters. The molecule has 17 heavy (non-hydrogen) atoms. The van der Waals surface area contributed by atoms with E-state index in [0.717, 1.165) is 5.39 Å². The Morgan fingerprint density at radius 2 is 2.06 bits per heavy atom. The summed E-state index contributed by atoms with van der Waals surface area (Å²) in [4.78, 5) is 14.5. The molecule has 0 saturated heterocycles. The molecule has 88 valence electrons. The summed E-state index contributed by atoms with van der Waals surface area (Å²) >= 11 is 0. The van der Waals surface area contributed by atoms with Gasteiger partial charge in [0.25, 0.3) is 5.69 Å². The van der Waals surface area contributed by atoms with E-state index in [9.17, 15) is 10.1 Å². The Balaban J connectivity index is 2.43. The van der Waals surface area contributed by atoms with Crippen LogP contribution in [0.25, 0.3) is 10.9 Å². The normalized spacial score (nSPS) is 10.8. The van der Waals surface area contributed by atoms with Crippen LogP contribution in [0.4, 0.5) is 5.69 Å². The zero-order chi connectivity index (χ0) is 12.4. The van der Waals surface area contributed by atoms with Crippen LogP contribution in [-0.4, -0.2) is 16.0 Å². The summed E-state index contributed by atoms with van der Waals surface area (Å²) in [5, 5.41) is 11.3. The molecule has 1 aromatic heterocycles. The van der Waals surface area contributed by atoms with E-state index in [-0.39, 0.29) is 11.8 Å². The monoisotopic (exact) mass is 232 g/mol. The second kappa shape index (κ2) is 4.37. The minimum absolute atomic E-state index is 0.0537. The number of fused-ring (bicyclic) bond motifs is 1. The number of non-ortho nitro benzene ring substituents is 1. The van der Waals surface area contributed by atoms with Crippen LogP contribution in [0.5, 0.6) is 5.88 Å². The van der Waals surface area contributed by atoms with Crippen molar-refractivity contribution in [1.82, 2.24) is 4.98 Å². The number of nitrogens with zero attached hydrogens (tertiary/aromatic N) is 2. The second-order valence-electron chi connectivity index (χ2n) is 3.95. The summed E-state index contributed by atoms with van der Waals surface area (Å²) in [6.07, 6.45) is 0.0537. The highest BCUT2D eigenvalue weighted by Gasteiger charge is 2.07. The zero-order valence-electron chi connectivity index (χ0n) is 9.58. The average Bonchev–Trinajstić information content (AvgIpc) is 2.27. The van der Waals surface area contributed by atoms with Gasteiger partial charge < -0.3 is 4.74 Å². The molecule has 0 radical (unpaired) electrons. The Morgan fingerprint density at radius 3 is 2.71 bits per heavy atom. The summed E-state index contributed by atoms with van der Waals surface area (Å²) in [6, 6.07) is 8.05. The van der Waals surface area contributed by atoms with Gasteiger partial charge in [-0.2, -0.15) is 0 Å². The van der Waals surface area contributed by atoms with Gasteiger partial charge in [0, 0.05) is 23.6 Å². The summed E-state index contributed by atoms with van der Waals surface area (Å²) in [6.45, 7) is 3.84. The highest BCUT2D eigenvalue weighted by atomic mass is 16.6. The lowest BCUT2D eigenvalue weighted by Crippen LogP contribution is -2.06. The van der Waals surface area contributed by atoms with Crippen LogP contribution in [0, 0.1) is 10.1 Å². The lowest BCUT2D eigenvalue weighted by Gasteiger charge is -2.08. The van der Waals surface area contributed by atoms with E-state index < -0.39 is 4.92 Å². The van der Waals surface area contributed by atoms with Crippen LogP contribution >= 0.6 is 0 Å². The summed E-state index contributed by atoms with van der Waals surface area (Å²) < 4.78 is 5.45. The van der Waals surface area contributed by atoms with Gasteiger partial charge in [0.1, 0.15) is 0 Å². The molecule has 0 saturated carbocycles. The van der Waals surface area contributed by atoms with Crippen LogP contribution in [0.15, 0.2) is 30.3 Å². The Labute approximate surface area is 98.2 Å². The van der Waals surface area contributed by atoms with Crippen LogP contribution in [0.1, 0.15) is 13.8 Å². The minimum Gasteiger partial charge on any atom is -0.475 e. The van der Waals surface area contributed by atoms with Crippen LogP contribution in [0.3, 0.4) is 0 Å². The molecule has 0 bridgehead atoms. The Hall–Kier alpha value is -2.17. The smallest absolute Gasteiger partial charge is 0.270 e. The van der Waals surface area contributed by atoms with Gasteiger partial charge in [-0.05, 0) is 26.0 Å². The maximum atomic E-state index is 10.6. The van der Waals surface area contributed by atoms with Gasteiger partial charge >= 0.3 is 0 Å². The molecule has 1 aromatic carbocycles. The molecule has 0 N–H and O–H groups in total. The maximum Gasteiger partial charge on any atom is 0.270 e. The number of hydrogen-bond acceptors (Lipinski definition) is 4. The fourth-order valence-electron chi connectivity index (χ4n) is 1.51. The number of benzene rings is 1. The van der Waals surface area contributed by atoms with Gasteiger partial charge in [0.15, 0.2) is 0 Å². The van der Waals surface area contributed by atoms with Crippen molar-refractivity contribution >= 4 is 16.6 Å². The maximum absolute atomic E-state index is 10.6. The lowest BCUT2D eigenvalue weighted by atomic mass is 10.2. The molecule has 1 heterocycles. The van der Waals surface area contributed by atoms with Crippen LogP contribution in [-0.2, 0) is 0 Å². The third-order valence-corrected chi connectivity index (χ3v) is 2.21. The first kappa shape index (κ1) is 11.3. The van der Waals surface area contributed by atoms with Gasteiger partial charge in [0.05, 0.1) is 16.5 Å².